The maximum absolute atomic E-state index is 13.0. The summed E-state index contributed by atoms with van der Waals surface area (Å²) in [5, 5.41) is 15.5. The molecule has 1 amide bonds. The second-order valence-corrected chi connectivity index (χ2v) is 6.20. The molecular formula is C22H21N3O2. The van der Waals surface area contributed by atoms with Crippen LogP contribution in [0, 0.1) is 0 Å². The van der Waals surface area contributed by atoms with E-state index in [2.05, 4.69) is 10.5 Å². The van der Waals surface area contributed by atoms with Gasteiger partial charge in [-0.05, 0) is 35.7 Å². The van der Waals surface area contributed by atoms with Gasteiger partial charge in [-0.1, -0.05) is 72.8 Å². The van der Waals surface area contributed by atoms with Crippen molar-refractivity contribution < 1.29 is 9.90 Å². The predicted molar refractivity (Wildman–Crippen MR) is 107 cm³/mol. The highest BCUT2D eigenvalue weighted by atomic mass is 16.3. The largest absolute Gasteiger partial charge is 0.399 e. The molecule has 5 nitrogen and oxygen atoms in total. The minimum atomic E-state index is -1.85. The first-order chi connectivity index (χ1) is 13.0. The van der Waals surface area contributed by atoms with Gasteiger partial charge in [-0.2, -0.15) is 5.10 Å². The Hall–Kier alpha value is -3.44. The van der Waals surface area contributed by atoms with Crippen molar-refractivity contribution in [2.45, 2.75) is 12.5 Å². The summed E-state index contributed by atoms with van der Waals surface area (Å²) in [5.41, 5.74) is 9.35. The summed E-state index contributed by atoms with van der Waals surface area (Å²) in [5.74, 6) is -0.630. The molecule has 0 fully saturated rings. The first-order valence-electron chi connectivity index (χ1n) is 8.56. The SMILES string of the molecule is CC(=NNC(=O)C(O)(c1ccccc1)c1ccccc1)c1ccc(N)cc1. The van der Waals surface area contributed by atoms with E-state index >= 15 is 0 Å². The van der Waals surface area contributed by atoms with Crippen molar-refractivity contribution in [3.63, 3.8) is 0 Å². The van der Waals surface area contributed by atoms with Crippen molar-refractivity contribution in [2.24, 2.45) is 5.10 Å². The van der Waals surface area contributed by atoms with Crippen LogP contribution in [0.3, 0.4) is 0 Å². The lowest BCUT2D eigenvalue weighted by Crippen LogP contribution is -2.43. The zero-order valence-electron chi connectivity index (χ0n) is 15.0. The normalized spacial score (nSPS) is 11.9. The number of rotatable bonds is 5. The molecule has 3 aromatic carbocycles. The van der Waals surface area contributed by atoms with E-state index in [1.807, 2.05) is 24.3 Å². The minimum absolute atomic E-state index is 0.467. The van der Waals surface area contributed by atoms with Gasteiger partial charge in [0.2, 0.25) is 0 Å². The van der Waals surface area contributed by atoms with Gasteiger partial charge in [-0.3, -0.25) is 4.79 Å². The first kappa shape index (κ1) is 18.4. The number of amides is 1. The Labute approximate surface area is 158 Å². The molecule has 0 spiro atoms. The zero-order valence-corrected chi connectivity index (χ0v) is 15.0. The number of carbonyl (C=O) groups excluding carboxylic acids is 1. The highest BCUT2D eigenvalue weighted by Crippen LogP contribution is 2.29. The highest BCUT2D eigenvalue weighted by molar-refractivity contribution is 6.00. The van der Waals surface area contributed by atoms with Gasteiger partial charge in [0.1, 0.15) is 0 Å². The zero-order chi connectivity index (χ0) is 19.3. The Kier molecular flexibility index (Phi) is 5.33. The molecular weight excluding hydrogens is 338 g/mol. The van der Waals surface area contributed by atoms with Crippen molar-refractivity contribution in [3.05, 3.63) is 102 Å². The summed E-state index contributed by atoms with van der Waals surface area (Å²) in [7, 11) is 0. The molecule has 136 valence electrons. The van der Waals surface area contributed by atoms with Crippen LogP contribution in [0.4, 0.5) is 5.69 Å². The topological polar surface area (TPSA) is 87.7 Å². The van der Waals surface area contributed by atoms with Crippen LogP contribution in [-0.4, -0.2) is 16.7 Å². The number of nitrogens with one attached hydrogen (secondary N) is 1. The molecule has 3 rings (SSSR count). The molecule has 0 unspecified atom stereocenters. The van der Waals surface area contributed by atoms with Crippen molar-refractivity contribution in [3.8, 4) is 0 Å². The molecule has 0 heterocycles. The highest BCUT2D eigenvalue weighted by Gasteiger charge is 2.39. The molecule has 0 radical (unpaired) electrons. The van der Waals surface area contributed by atoms with Crippen LogP contribution in [0.15, 0.2) is 90.0 Å². The van der Waals surface area contributed by atoms with E-state index in [1.165, 1.54) is 0 Å². The number of nitrogens with two attached hydrogens (primary N) is 1. The Bertz CT molecular complexity index is 897. The number of anilines is 1. The third-order valence-electron chi connectivity index (χ3n) is 4.37. The first-order valence-corrected chi connectivity index (χ1v) is 8.56. The van der Waals surface area contributed by atoms with Gasteiger partial charge in [0.15, 0.2) is 5.60 Å². The second-order valence-electron chi connectivity index (χ2n) is 6.20. The van der Waals surface area contributed by atoms with E-state index in [0.717, 1.165) is 5.56 Å². The van der Waals surface area contributed by atoms with Gasteiger partial charge < -0.3 is 10.8 Å². The molecule has 0 aliphatic rings. The molecule has 0 saturated heterocycles. The maximum Gasteiger partial charge on any atom is 0.281 e. The number of hydrogen-bond donors (Lipinski definition) is 3. The van der Waals surface area contributed by atoms with Gasteiger partial charge in [0.25, 0.3) is 5.91 Å². The van der Waals surface area contributed by atoms with Gasteiger partial charge in [0, 0.05) is 5.69 Å². The molecule has 0 aliphatic carbocycles. The summed E-state index contributed by atoms with van der Waals surface area (Å²) < 4.78 is 0. The Morgan fingerprint density at radius 3 is 1.85 bits per heavy atom. The standard InChI is InChI=1S/C22H21N3O2/c1-16(17-12-14-20(23)15-13-17)24-25-21(26)22(27,18-8-4-2-5-9-18)19-10-6-3-7-11-19/h2-15,27H,23H2,1H3,(H,25,26). The molecule has 0 aromatic heterocycles. The second kappa shape index (κ2) is 7.85. The quantitative estimate of drug-likeness (QED) is 0.372. The molecule has 27 heavy (non-hydrogen) atoms. The molecule has 3 aromatic rings. The van der Waals surface area contributed by atoms with Crippen molar-refractivity contribution in [1.29, 1.82) is 0 Å². The fourth-order valence-corrected chi connectivity index (χ4v) is 2.79. The summed E-state index contributed by atoms with van der Waals surface area (Å²) in [4.78, 5) is 13.0. The Balaban J connectivity index is 1.92. The van der Waals surface area contributed by atoms with E-state index in [1.54, 1.807) is 67.6 Å². The predicted octanol–water partition coefficient (Wildman–Crippen LogP) is 3.05. The Morgan fingerprint density at radius 2 is 1.37 bits per heavy atom. The molecule has 0 atom stereocenters. The van der Waals surface area contributed by atoms with Crippen molar-refractivity contribution in [1.82, 2.24) is 5.43 Å². The average molecular weight is 359 g/mol. The summed E-state index contributed by atoms with van der Waals surface area (Å²) >= 11 is 0. The van der Waals surface area contributed by atoms with E-state index in [4.69, 9.17) is 5.73 Å². The van der Waals surface area contributed by atoms with E-state index in [-0.39, 0.29) is 0 Å². The average Bonchev–Trinajstić information content (AvgIpc) is 2.73. The minimum Gasteiger partial charge on any atom is -0.399 e. The lowest BCUT2D eigenvalue weighted by atomic mass is 9.85. The van der Waals surface area contributed by atoms with Crippen LogP contribution < -0.4 is 11.2 Å². The van der Waals surface area contributed by atoms with Crippen molar-refractivity contribution in [2.75, 3.05) is 5.73 Å². The number of hydrazone groups is 1. The number of nitrogen functional groups attached to an aromatic ring is 1. The van der Waals surface area contributed by atoms with Crippen molar-refractivity contribution >= 4 is 17.3 Å². The number of aliphatic hydroxyl groups is 1. The third-order valence-corrected chi connectivity index (χ3v) is 4.37. The van der Waals surface area contributed by atoms with Crippen LogP contribution in [0.5, 0.6) is 0 Å². The lowest BCUT2D eigenvalue weighted by molar-refractivity contribution is -0.136. The van der Waals surface area contributed by atoms with Gasteiger partial charge in [-0.25, -0.2) is 5.43 Å². The summed E-state index contributed by atoms with van der Waals surface area (Å²) in [6, 6.07) is 24.8. The summed E-state index contributed by atoms with van der Waals surface area (Å²) in [6.45, 7) is 1.77. The van der Waals surface area contributed by atoms with E-state index < -0.39 is 11.5 Å². The van der Waals surface area contributed by atoms with Gasteiger partial charge in [0.05, 0.1) is 5.71 Å². The van der Waals surface area contributed by atoms with Crippen LogP contribution in [-0.2, 0) is 10.4 Å². The maximum atomic E-state index is 13.0. The fraction of sp³-hybridized carbons (Fsp3) is 0.0909. The molecule has 0 bridgehead atoms. The van der Waals surface area contributed by atoms with Crippen LogP contribution in [0.25, 0.3) is 0 Å². The van der Waals surface area contributed by atoms with Crippen LogP contribution >= 0.6 is 0 Å². The molecule has 0 saturated carbocycles. The fourth-order valence-electron chi connectivity index (χ4n) is 2.79. The van der Waals surface area contributed by atoms with Crippen LogP contribution in [0.2, 0.25) is 0 Å². The number of carbonyl (C=O) groups is 1. The molecule has 4 N–H and O–H groups in total. The smallest absolute Gasteiger partial charge is 0.281 e. The van der Waals surface area contributed by atoms with E-state index in [9.17, 15) is 9.90 Å². The van der Waals surface area contributed by atoms with Gasteiger partial charge >= 0.3 is 0 Å². The lowest BCUT2D eigenvalue weighted by Gasteiger charge is -2.27. The molecule has 0 aliphatic heterocycles. The number of benzene rings is 3. The summed E-state index contributed by atoms with van der Waals surface area (Å²) in [6.07, 6.45) is 0. The third kappa shape index (κ3) is 3.88. The number of nitrogens with zero attached hydrogens (tertiary/aromatic N) is 1. The monoisotopic (exact) mass is 359 g/mol. The number of hydrogen-bond acceptors (Lipinski definition) is 4. The van der Waals surface area contributed by atoms with E-state index in [0.29, 0.717) is 22.5 Å². The van der Waals surface area contributed by atoms with Gasteiger partial charge in [-0.15, -0.1) is 0 Å². The van der Waals surface area contributed by atoms with Crippen LogP contribution in [0.1, 0.15) is 23.6 Å². The Morgan fingerprint density at radius 1 is 0.889 bits per heavy atom. The molecule has 5 heteroatoms.